The smallest absolute Gasteiger partial charge is 0.302 e. The van der Waals surface area contributed by atoms with Crippen molar-refractivity contribution in [1.82, 2.24) is 0 Å². The van der Waals surface area contributed by atoms with Crippen molar-refractivity contribution in [1.29, 1.82) is 0 Å². The highest BCUT2D eigenvalue weighted by molar-refractivity contribution is 5.66. The van der Waals surface area contributed by atoms with Crippen LogP contribution in [-0.4, -0.2) is 12.6 Å². The van der Waals surface area contributed by atoms with Crippen LogP contribution in [0, 0.1) is 0 Å². The fourth-order valence-corrected chi connectivity index (χ4v) is 0.225. The van der Waals surface area contributed by atoms with Crippen LogP contribution >= 0.6 is 0 Å². The zero-order valence-corrected chi connectivity index (χ0v) is 8.44. The third-order valence-electron chi connectivity index (χ3n) is 0.522. The van der Waals surface area contributed by atoms with E-state index in [0.29, 0.717) is 6.61 Å². The van der Waals surface area contributed by atoms with E-state index in [-0.39, 0.29) is 5.97 Å². The summed E-state index contributed by atoms with van der Waals surface area (Å²) in [4.78, 5) is 10.1. The normalized spacial score (nSPS) is 7.67. The summed E-state index contributed by atoms with van der Waals surface area (Å²) < 4.78 is 4.56. The van der Waals surface area contributed by atoms with Gasteiger partial charge in [-0.1, -0.05) is 12.2 Å². The molecule has 0 aromatic heterocycles. The molecule has 0 aromatic carbocycles. The Morgan fingerprint density at radius 3 is 1.58 bits per heavy atom. The third-order valence-corrected chi connectivity index (χ3v) is 0.522. The number of carbonyl (C=O) groups is 1. The number of allylic oxidation sites excluding steroid dienone is 1. The van der Waals surface area contributed by atoms with Gasteiger partial charge in [-0.3, -0.25) is 4.79 Å². The van der Waals surface area contributed by atoms with Crippen LogP contribution in [0.1, 0.15) is 27.7 Å². The van der Waals surface area contributed by atoms with E-state index in [4.69, 9.17) is 0 Å². The fraction of sp³-hybridized carbons (Fsp3) is 0.500. The monoisotopic (exact) mass is 170 g/mol. The predicted molar refractivity (Wildman–Crippen MR) is 51.9 cm³/mol. The van der Waals surface area contributed by atoms with Gasteiger partial charge in [0.25, 0.3) is 0 Å². The van der Waals surface area contributed by atoms with Gasteiger partial charge in [-0.2, -0.15) is 0 Å². The number of carbonyl (C=O) groups excluding carboxylic acids is 1. The van der Waals surface area contributed by atoms with Gasteiger partial charge in [0.15, 0.2) is 0 Å². The minimum Gasteiger partial charge on any atom is -0.461 e. The molecule has 0 aliphatic heterocycles. The molecule has 0 aliphatic carbocycles. The SMILES string of the molecule is C=C(C)C.C=C(C)COC(C)=O. The molecule has 0 atom stereocenters. The maximum atomic E-state index is 10.1. The Labute approximate surface area is 74.9 Å². The van der Waals surface area contributed by atoms with Gasteiger partial charge in [0.2, 0.25) is 0 Å². The van der Waals surface area contributed by atoms with Crippen LogP contribution in [-0.2, 0) is 9.53 Å². The maximum Gasteiger partial charge on any atom is 0.302 e. The number of hydrogen-bond donors (Lipinski definition) is 0. The Bertz CT molecular complexity index is 151. The molecule has 0 spiro atoms. The molecule has 0 aliphatic rings. The van der Waals surface area contributed by atoms with Crippen molar-refractivity contribution in [3.8, 4) is 0 Å². The molecule has 0 heterocycles. The number of rotatable bonds is 2. The minimum atomic E-state index is -0.256. The molecule has 2 nitrogen and oxygen atoms in total. The summed E-state index contributed by atoms with van der Waals surface area (Å²) >= 11 is 0. The summed E-state index contributed by atoms with van der Waals surface area (Å²) in [6, 6.07) is 0. The number of ether oxygens (including phenoxy) is 1. The predicted octanol–water partition coefficient (Wildman–Crippen LogP) is 2.71. The number of hydrogen-bond acceptors (Lipinski definition) is 2. The Balaban J connectivity index is 0. The lowest BCUT2D eigenvalue weighted by Crippen LogP contribution is -1.99. The Hall–Kier alpha value is -1.05. The first kappa shape index (κ1) is 13.5. The summed E-state index contributed by atoms with van der Waals surface area (Å²) in [5.74, 6) is -0.256. The average molecular weight is 170 g/mol. The molecule has 0 saturated carbocycles. The zero-order valence-electron chi connectivity index (χ0n) is 8.44. The summed E-state index contributed by atoms with van der Waals surface area (Å²) in [7, 11) is 0. The topological polar surface area (TPSA) is 26.3 Å². The second kappa shape index (κ2) is 8.05. The van der Waals surface area contributed by atoms with Crippen molar-refractivity contribution in [3.63, 3.8) is 0 Å². The van der Waals surface area contributed by atoms with E-state index in [1.165, 1.54) is 12.5 Å². The van der Waals surface area contributed by atoms with Crippen molar-refractivity contribution in [3.05, 3.63) is 24.3 Å². The summed E-state index contributed by atoms with van der Waals surface area (Å²) in [5.41, 5.74) is 2.03. The van der Waals surface area contributed by atoms with Crippen molar-refractivity contribution in [2.24, 2.45) is 0 Å². The van der Waals surface area contributed by atoms with E-state index < -0.39 is 0 Å². The van der Waals surface area contributed by atoms with E-state index in [1.807, 2.05) is 20.8 Å². The molecule has 0 saturated heterocycles. The molecule has 0 fully saturated rings. The Morgan fingerprint density at radius 2 is 1.50 bits per heavy atom. The minimum absolute atomic E-state index is 0.256. The summed E-state index contributed by atoms with van der Waals surface area (Å²) in [5, 5.41) is 0. The Kier molecular flexibility index (Phi) is 9.08. The van der Waals surface area contributed by atoms with Gasteiger partial charge in [0.05, 0.1) is 0 Å². The summed E-state index contributed by atoms with van der Waals surface area (Å²) in [6.07, 6.45) is 0. The highest BCUT2D eigenvalue weighted by atomic mass is 16.5. The second-order valence-corrected chi connectivity index (χ2v) is 2.94. The molecule has 70 valence electrons. The van der Waals surface area contributed by atoms with Gasteiger partial charge in [-0.05, 0) is 26.3 Å². The second-order valence-electron chi connectivity index (χ2n) is 2.94. The first-order valence-corrected chi connectivity index (χ1v) is 3.76. The van der Waals surface area contributed by atoms with E-state index in [0.717, 1.165) is 5.57 Å². The van der Waals surface area contributed by atoms with Gasteiger partial charge in [0.1, 0.15) is 6.61 Å². The molecule has 0 N–H and O–H groups in total. The lowest BCUT2D eigenvalue weighted by atomic mass is 10.4. The lowest BCUT2D eigenvalue weighted by molar-refractivity contribution is -0.139. The van der Waals surface area contributed by atoms with Gasteiger partial charge >= 0.3 is 5.97 Å². The first-order valence-electron chi connectivity index (χ1n) is 3.76. The van der Waals surface area contributed by atoms with Gasteiger partial charge in [-0.15, -0.1) is 6.58 Å². The molecule has 0 amide bonds. The Morgan fingerprint density at radius 1 is 1.17 bits per heavy atom. The van der Waals surface area contributed by atoms with Crippen molar-refractivity contribution >= 4 is 5.97 Å². The molecular formula is C10H18O2. The van der Waals surface area contributed by atoms with Crippen molar-refractivity contribution < 1.29 is 9.53 Å². The fourth-order valence-electron chi connectivity index (χ4n) is 0.225. The van der Waals surface area contributed by atoms with Crippen LogP contribution in [0.25, 0.3) is 0 Å². The molecule has 0 radical (unpaired) electrons. The van der Waals surface area contributed by atoms with Crippen LogP contribution in [0.2, 0.25) is 0 Å². The van der Waals surface area contributed by atoms with Gasteiger partial charge < -0.3 is 4.74 Å². The van der Waals surface area contributed by atoms with Gasteiger partial charge in [-0.25, -0.2) is 0 Å². The van der Waals surface area contributed by atoms with E-state index in [9.17, 15) is 4.79 Å². The zero-order chi connectivity index (χ0) is 10.1. The molecule has 2 heteroatoms. The summed E-state index contributed by atoms with van der Waals surface area (Å²) in [6.45, 7) is 14.6. The molecule has 0 aromatic rings. The third kappa shape index (κ3) is 36.3. The van der Waals surface area contributed by atoms with E-state index in [2.05, 4.69) is 17.9 Å². The standard InChI is InChI=1S/C6H10O2.C4H8/c1-5(2)4-8-6(3)7;1-4(2)3/h1,4H2,2-3H3;1H2,2-3H3. The van der Waals surface area contributed by atoms with E-state index >= 15 is 0 Å². The van der Waals surface area contributed by atoms with Crippen LogP contribution in [0.15, 0.2) is 24.3 Å². The van der Waals surface area contributed by atoms with E-state index in [1.54, 1.807) is 0 Å². The van der Waals surface area contributed by atoms with Crippen LogP contribution in [0.3, 0.4) is 0 Å². The van der Waals surface area contributed by atoms with Gasteiger partial charge in [0, 0.05) is 6.92 Å². The highest BCUT2D eigenvalue weighted by Gasteiger charge is 1.89. The molecule has 12 heavy (non-hydrogen) atoms. The largest absolute Gasteiger partial charge is 0.461 e. The highest BCUT2D eigenvalue weighted by Crippen LogP contribution is 1.86. The number of esters is 1. The van der Waals surface area contributed by atoms with Crippen LogP contribution in [0.5, 0.6) is 0 Å². The maximum absolute atomic E-state index is 10.1. The first-order chi connectivity index (χ1) is 5.36. The average Bonchev–Trinajstić information content (AvgIpc) is 1.82. The molecule has 0 rings (SSSR count). The molecule has 0 unspecified atom stereocenters. The van der Waals surface area contributed by atoms with Crippen LogP contribution < -0.4 is 0 Å². The lowest BCUT2D eigenvalue weighted by Gasteiger charge is -1.97. The van der Waals surface area contributed by atoms with Crippen molar-refractivity contribution in [2.75, 3.05) is 6.61 Å². The quantitative estimate of drug-likeness (QED) is 0.470. The van der Waals surface area contributed by atoms with Crippen LogP contribution in [0.4, 0.5) is 0 Å². The molecule has 0 bridgehead atoms. The molecular weight excluding hydrogens is 152 g/mol. The van der Waals surface area contributed by atoms with Crippen molar-refractivity contribution in [2.45, 2.75) is 27.7 Å².